The molecule has 3 rings (SSSR count). The molecule has 1 amide bonds. The van der Waals surface area contributed by atoms with E-state index in [1.54, 1.807) is 25.1 Å². The van der Waals surface area contributed by atoms with E-state index in [2.05, 4.69) is 15.0 Å². The maximum atomic E-state index is 12.5. The molecular weight excluding hydrogens is 398 g/mol. The van der Waals surface area contributed by atoms with Gasteiger partial charge in [-0.3, -0.25) is 4.79 Å². The van der Waals surface area contributed by atoms with Gasteiger partial charge in [-0.1, -0.05) is 18.2 Å². The zero-order valence-electron chi connectivity index (χ0n) is 16.2. The zero-order valence-corrected chi connectivity index (χ0v) is 17.0. The van der Waals surface area contributed by atoms with Crippen LogP contribution in [0.2, 0.25) is 0 Å². The first-order valence-corrected chi connectivity index (χ1v) is 9.76. The molecule has 2 aromatic rings. The number of nitrogens with zero attached hydrogens (tertiary/aromatic N) is 1. The summed E-state index contributed by atoms with van der Waals surface area (Å²) in [5.74, 6) is -0.135. The van der Waals surface area contributed by atoms with Crippen LogP contribution in [0.4, 0.5) is 14.5 Å². The Morgan fingerprint density at radius 2 is 1.97 bits per heavy atom. The highest BCUT2D eigenvalue weighted by Crippen LogP contribution is 2.33. The molecule has 152 valence electrons. The predicted octanol–water partition coefficient (Wildman–Crippen LogP) is 5.20. The van der Waals surface area contributed by atoms with Gasteiger partial charge in [-0.25, -0.2) is 4.99 Å². The molecule has 5 nitrogen and oxygen atoms in total. The van der Waals surface area contributed by atoms with Crippen molar-refractivity contribution in [1.29, 1.82) is 0 Å². The lowest BCUT2D eigenvalue weighted by molar-refractivity contribution is -0.115. The van der Waals surface area contributed by atoms with Crippen LogP contribution < -0.4 is 14.8 Å². The molecule has 0 bridgehead atoms. The molecule has 1 aliphatic heterocycles. The number of hydrogen-bond acceptors (Lipinski definition) is 5. The van der Waals surface area contributed by atoms with E-state index in [4.69, 9.17) is 4.74 Å². The van der Waals surface area contributed by atoms with Gasteiger partial charge in [0.05, 0.1) is 17.2 Å². The lowest BCUT2D eigenvalue weighted by Crippen LogP contribution is -2.19. The largest absolute Gasteiger partial charge is 0.490 e. The molecule has 1 aliphatic rings. The summed E-state index contributed by atoms with van der Waals surface area (Å²) in [7, 11) is 0. The van der Waals surface area contributed by atoms with E-state index in [0.717, 1.165) is 16.8 Å². The quantitative estimate of drug-likeness (QED) is 0.656. The number of thioether (sulfide) groups is 1. The average molecular weight is 418 g/mol. The van der Waals surface area contributed by atoms with Crippen molar-refractivity contribution >= 4 is 34.6 Å². The Kier molecular flexibility index (Phi) is 6.53. The molecular formula is C21H20F2N2O3S. The standard InChI is InChI=1S/C21H20F2N2O3S/c1-4-27-17-10-14(7-8-16(17)28-20(22)23)11-18-19(26)25-21(29-18)24-15-9-12(2)5-6-13(15)3/h5-11,20H,4H2,1-3H3,(H,24,25,26)/b18-11+. The van der Waals surface area contributed by atoms with E-state index in [1.807, 2.05) is 32.0 Å². The van der Waals surface area contributed by atoms with Gasteiger partial charge in [-0.05, 0) is 73.5 Å². The van der Waals surface area contributed by atoms with Crippen molar-refractivity contribution in [3.63, 3.8) is 0 Å². The van der Waals surface area contributed by atoms with Crippen molar-refractivity contribution in [2.75, 3.05) is 6.61 Å². The highest BCUT2D eigenvalue weighted by Gasteiger charge is 2.24. The molecule has 2 aromatic carbocycles. The van der Waals surface area contributed by atoms with Crippen LogP contribution >= 0.6 is 11.8 Å². The van der Waals surface area contributed by atoms with Crippen LogP contribution in [0.25, 0.3) is 6.08 Å². The second-order valence-electron chi connectivity index (χ2n) is 6.29. The lowest BCUT2D eigenvalue weighted by Gasteiger charge is -2.11. The fourth-order valence-corrected chi connectivity index (χ4v) is 3.49. The molecule has 0 aromatic heterocycles. The van der Waals surface area contributed by atoms with E-state index >= 15 is 0 Å². The Hall–Kier alpha value is -2.87. The van der Waals surface area contributed by atoms with Gasteiger partial charge in [0.25, 0.3) is 5.91 Å². The first-order chi connectivity index (χ1) is 13.9. The minimum atomic E-state index is -2.95. The van der Waals surface area contributed by atoms with Gasteiger partial charge in [-0.15, -0.1) is 0 Å². The lowest BCUT2D eigenvalue weighted by atomic mass is 10.1. The number of ether oxygens (including phenoxy) is 2. The van der Waals surface area contributed by atoms with Crippen LogP contribution in [0, 0.1) is 13.8 Å². The van der Waals surface area contributed by atoms with Gasteiger partial charge in [0.1, 0.15) is 0 Å². The molecule has 8 heteroatoms. The fraction of sp³-hybridized carbons (Fsp3) is 0.238. The molecule has 1 fully saturated rings. The van der Waals surface area contributed by atoms with Crippen molar-refractivity contribution in [2.45, 2.75) is 27.4 Å². The van der Waals surface area contributed by atoms with E-state index in [0.29, 0.717) is 22.2 Å². The van der Waals surface area contributed by atoms with E-state index in [1.165, 1.54) is 17.8 Å². The van der Waals surface area contributed by atoms with Crippen LogP contribution in [0.5, 0.6) is 11.5 Å². The summed E-state index contributed by atoms with van der Waals surface area (Å²) in [5.41, 5.74) is 3.50. The third-order valence-electron chi connectivity index (χ3n) is 4.02. The Labute approximate surface area is 171 Å². The van der Waals surface area contributed by atoms with Crippen LogP contribution in [0.1, 0.15) is 23.6 Å². The number of aliphatic imine (C=N–C) groups is 1. The number of carbonyl (C=O) groups excluding carboxylic acids is 1. The summed E-state index contributed by atoms with van der Waals surface area (Å²) in [6, 6.07) is 10.5. The van der Waals surface area contributed by atoms with Crippen molar-refractivity contribution in [2.24, 2.45) is 4.99 Å². The summed E-state index contributed by atoms with van der Waals surface area (Å²) >= 11 is 1.22. The third kappa shape index (κ3) is 5.35. The number of aryl methyl sites for hydroxylation is 2. The zero-order chi connectivity index (χ0) is 21.0. The van der Waals surface area contributed by atoms with E-state index in [9.17, 15) is 13.6 Å². The summed E-state index contributed by atoms with van der Waals surface area (Å²) in [4.78, 5) is 17.3. The summed E-state index contributed by atoms with van der Waals surface area (Å²) in [6.45, 7) is 3.02. The van der Waals surface area contributed by atoms with Gasteiger partial charge >= 0.3 is 6.61 Å². The molecule has 0 aliphatic carbocycles. The van der Waals surface area contributed by atoms with E-state index < -0.39 is 6.61 Å². The minimum Gasteiger partial charge on any atom is -0.490 e. The third-order valence-corrected chi connectivity index (χ3v) is 4.93. The summed E-state index contributed by atoms with van der Waals surface area (Å²) in [6.07, 6.45) is 1.65. The molecule has 0 unspecified atom stereocenters. The van der Waals surface area contributed by atoms with Gasteiger partial charge in [0.2, 0.25) is 0 Å². The molecule has 0 saturated carbocycles. The number of amidine groups is 1. The van der Waals surface area contributed by atoms with Crippen molar-refractivity contribution < 1.29 is 23.0 Å². The molecule has 1 N–H and O–H groups in total. The van der Waals surface area contributed by atoms with Crippen molar-refractivity contribution in [3.05, 3.63) is 58.0 Å². The number of carbonyl (C=O) groups is 1. The number of hydrogen-bond donors (Lipinski definition) is 1. The van der Waals surface area contributed by atoms with Crippen LogP contribution in [0.15, 0.2) is 46.3 Å². The van der Waals surface area contributed by atoms with Gasteiger partial charge in [0, 0.05) is 0 Å². The highest BCUT2D eigenvalue weighted by atomic mass is 32.2. The number of benzene rings is 2. The highest BCUT2D eigenvalue weighted by molar-refractivity contribution is 8.18. The molecule has 1 saturated heterocycles. The number of alkyl halides is 2. The molecule has 0 atom stereocenters. The Morgan fingerprint density at radius 1 is 1.17 bits per heavy atom. The van der Waals surface area contributed by atoms with Gasteiger partial charge in [-0.2, -0.15) is 8.78 Å². The van der Waals surface area contributed by atoms with Crippen LogP contribution in [0.3, 0.4) is 0 Å². The maximum absolute atomic E-state index is 12.5. The molecule has 0 spiro atoms. The molecule has 29 heavy (non-hydrogen) atoms. The summed E-state index contributed by atoms with van der Waals surface area (Å²) < 4.78 is 34.9. The predicted molar refractivity (Wildman–Crippen MR) is 111 cm³/mol. The van der Waals surface area contributed by atoms with Crippen LogP contribution in [-0.4, -0.2) is 24.3 Å². The summed E-state index contributed by atoms with van der Waals surface area (Å²) in [5, 5.41) is 3.23. The molecule has 1 heterocycles. The van der Waals surface area contributed by atoms with Crippen molar-refractivity contribution in [3.8, 4) is 11.5 Å². The fourth-order valence-electron chi connectivity index (χ4n) is 2.66. The van der Waals surface area contributed by atoms with Gasteiger partial charge < -0.3 is 14.8 Å². The van der Waals surface area contributed by atoms with E-state index in [-0.39, 0.29) is 17.4 Å². The first-order valence-electron chi connectivity index (χ1n) is 8.94. The number of halogens is 2. The number of amides is 1. The Balaban J connectivity index is 1.85. The minimum absolute atomic E-state index is 0.0512. The van der Waals surface area contributed by atoms with Crippen molar-refractivity contribution in [1.82, 2.24) is 5.32 Å². The second kappa shape index (κ2) is 9.09. The SMILES string of the molecule is CCOc1cc(/C=C2/SC(=Nc3cc(C)ccc3C)NC2=O)ccc1OC(F)F. The Morgan fingerprint density at radius 3 is 2.69 bits per heavy atom. The monoisotopic (exact) mass is 418 g/mol. The normalized spacial score (nSPS) is 16.6. The second-order valence-corrected chi connectivity index (χ2v) is 7.32. The number of rotatable bonds is 6. The van der Waals surface area contributed by atoms with Crippen LogP contribution in [-0.2, 0) is 4.79 Å². The molecule has 0 radical (unpaired) electrons. The maximum Gasteiger partial charge on any atom is 0.387 e. The smallest absolute Gasteiger partial charge is 0.387 e. The average Bonchev–Trinajstić information content (AvgIpc) is 2.99. The number of nitrogens with one attached hydrogen (secondary N) is 1. The topological polar surface area (TPSA) is 59.9 Å². The first kappa shape index (κ1) is 20.9. The Bertz CT molecular complexity index is 990. The van der Waals surface area contributed by atoms with Gasteiger partial charge in [0.15, 0.2) is 16.7 Å².